The average Bonchev–Trinajstić information content (AvgIpc) is 2.65. The Bertz CT molecular complexity index is 842. The lowest BCUT2D eigenvalue weighted by atomic mass is 9.92. The zero-order chi connectivity index (χ0) is 25.0. The van der Waals surface area contributed by atoms with E-state index in [0.717, 1.165) is 0 Å². The van der Waals surface area contributed by atoms with Crippen molar-refractivity contribution in [2.24, 2.45) is 0 Å². The SMILES string of the molecule is CCOC(=O)[C@@](NC(C)=O)(Nc1ccc([C@@](O)(C(=O)OCC)C(F)(F)F)cc1)C(F)(F)F. The number of halogens is 6. The third-order valence-electron chi connectivity index (χ3n) is 3.99. The van der Waals surface area contributed by atoms with Gasteiger partial charge in [-0.05, 0) is 26.0 Å². The van der Waals surface area contributed by atoms with E-state index in [-0.39, 0.29) is 0 Å². The minimum atomic E-state index is -5.52. The molecule has 180 valence electrons. The molecular formula is C18H20F6N2O6. The Morgan fingerprint density at radius 3 is 1.72 bits per heavy atom. The summed E-state index contributed by atoms with van der Waals surface area (Å²) in [6.07, 6.45) is -11.0. The van der Waals surface area contributed by atoms with Crippen LogP contribution in [0.5, 0.6) is 0 Å². The molecule has 0 bridgehead atoms. The number of ether oxygens (including phenoxy) is 2. The molecule has 0 aliphatic rings. The van der Waals surface area contributed by atoms with E-state index >= 15 is 0 Å². The fraction of sp³-hybridized carbons (Fsp3) is 0.500. The molecule has 14 heteroatoms. The number of alkyl halides is 6. The van der Waals surface area contributed by atoms with Crippen LogP contribution in [0.3, 0.4) is 0 Å². The fourth-order valence-corrected chi connectivity index (χ4v) is 2.54. The van der Waals surface area contributed by atoms with Crippen LogP contribution >= 0.6 is 0 Å². The van der Waals surface area contributed by atoms with Crippen molar-refractivity contribution in [1.82, 2.24) is 5.32 Å². The van der Waals surface area contributed by atoms with Gasteiger partial charge in [-0.3, -0.25) is 4.79 Å². The highest BCUT2D eigenvalue weighted by Gasteiger charge is 2.64. The van der Waals surface area contributed by atoms with Crippen LogP contribution in [0.15, 0.2) is 24.3 Å². The van der Waals surface area contributed by atoms with E-state index < -0.39 is 65.9 Å². The summed E-state index contributed by atoms with van der Waals surface area (Å²) in [5.74, 6) is -5.24. The van der Waals surface area contributed by atoms with Crippen LogP contribution in [0.25, 0.3) is 0 Å². The van der Waals surface area contributed by atoms with Crippen molar-refractivity contribution in [3.63, 3.8) is 0 Å². The Balaban J connectivity index is 3.49. The Morgan fingerprint density at radius 1 is 0.875 bits per heavy atom. The number of anilines is 1. The highest BCUT2D eigenvalue weighted by molar-refractivity contribution is 5.90. The summed E-state index contributed by atoms with van der Waals surface area (Å²) in [4.78, 5) is 35.2. The van der Waals surface area contributed by atoms with Crippen molar-refractivity contribution in [3.05, 3.63) is 29.8 Å². The van der Waals surface area contributed by atoms with Crippen LogP contribution < -0.4 is 10.6 Å². The molecule has 0 aliphatic carbocycles. The molecule has 0 spiro atoms. The van der Waals surface area contributed by atoms with Crippen molar-refractivity contribution >= 4 is 23.5 Å². The number of amides is 1. The van der Waals surface area contributed by atoms with Crippen LogP contribution in [0, 0.1) is 0 Å². The summed E-state index contributed by atoms with van der Waals surface area (Å²) >= 11 is 0. The number of carbonyl (C=O) groups excluding carboxylic acids is 3. The minimum absolute atomic E-state index is 0.477. The van der Waals surface area contributed by atoms with E-state index in [2.05, 4.69) is 9.47 Å². The molecule has 0 unspecified atom stereocenters. The molecule has 3 N–H and O–H groups in total. The summed E-state index contributed by atoms with van der Waals surface area (Å²) in [7, 11) is 0. The van der Waals surface area contributed by atoms with E-state index in [1.807, 2.05) is 0 Å². The smallest absolute Gasteiger partial charge is 0.441 e. The van der Waals surface area contributed by atoms with Gasteiger partial charge in [0.15, 0.2) is 0 Å². The average molecular weight is 474 g/mol. The molecule has 32 heavy (non-hydrogen) atoms. The maximum Gasteiger partial charge on any atom is 0.441 e. The van der Waals surface area contributed by atoms with Crippen LogP contribution in [-0.2, 0) is 29.5 Å². The van der Waals surface area contributed by atoms with Crippen LogP contribution in [0.4, 0.5) is 32.0 Å². The standard InChI is InChI=1S/C18H20F6N2O6/c1-4-31-13(28)15(30,17(19,20)21)11-6-8-12(9-7-11)26-16(18(22,23)24,25-10(3)27)14(29)32-5-2/h6-9,26,30H,4-5H2,1-3H3,(H,25,27)/t15-,16-/m1/s1. The topological polar surface area (TPSA) is 114 Å². The van der Waals surface area contributed by atoms with E-state index in [1.165, 1.54) is 19.2 Å². The molecule has 1 rings (SSSR count). The zero-order valence-corrected chi connectivity index (χ0v) is 17.0. The van der Waals surface area contributed by atoms with Gasteiger partial charge in [-0.1, -0.05) is 12.1 Å². The second-order valence-corrected chi connectivity index (χ2v) is 6.28. The molecule has 1 aromatic carbocycles. The van der Waals surface area contributed by atoms with Gasteiger partial charge < -0.3 is 25.2 Å². The molecule has 0 fully saturated rings. The maximum absolute atomic E-state index is 13.8. The maximum atomic E-state index is 13.8. The van der Waals surface area contributed by atoms with E-state index in [9.17, 15) is 45.8 Å². The predicted molar refractivity (Wildman–Crippen MR) is 95.9 cm³/mol. The Hall–Kier alpha value is -3.03. The minimum Gasteiger partial charge on any atom is -0.463 e. The van der Waals surface area contributed by atoms with E-state index in [4.69, 9.17) is 0 Å². The lowest BCUT2D eigenvalue weighted by Crippen LogP contribution is -2.69. The van der Waals surface area contributed by atoms with E-state index in [0.29, 0.717) is 31.2 Å². The molecule has 2 atom stereocenters. The Kier molecular flexibility index (Phi) is 8.12. The summed E-state index contributed by atoms with van der Waals surface area (Å²) in [6.45, 7) is 2.16. The number of carbonyl (C=O) groups is 3. The zero-order valence-electron chi connectivity index (χ0n) is 17.0. The summed E-state index contributed by atoms with van der Waals surface area (Å²) in [5.41, 5.74) is -9.51. The largest absolute Gasteiger partial charge is 0.463 e. The Labute approximate surface area is 177 Å². The van der Waals surface area contributed by atoms with Crippen molar-refractivity contribution in [2.45, 2.75) is 44.4 Å². The van der Waals surface area contributed by atoms with Gasteiger partial charge in [0.2, 0.25) is 5.91 Å². The molecule has 1 aromatic rings. The summed E-state index contributed by atoms with van der Waals surface area (Å²) in [6, 6.07) is 2.28. The monoisotopic (exact) mass is 474 g/mol. The van der Waals surface area contributed by atoms with Crippen molar-refractivity contribution in [1.29, 1.82) is 0 Å². The first-order valence-corrected chi connectivity index (χ1v) is 8.94. The number of nitrogens with one attached hydrogen (secondary N) is 2. The first-order chi connectivity index (χ1) is 14.6. The van der Waals surface area contributed by atoms with Crippen molar-refractivity contribution in [2.75, 3.05) is 18.5 Å². The molecule has 0 radical (unpaired) electrons. The number of hydrogen-bond donors (Lipinski definition) is 3. The van der Waals surface area contributed by atoms with Crippen molar-refractivity contribution in [3.8, 4) is 0 Å². The first-order valence-electron chi connectivity index (χ1n) is 8.94. The van der Waals surface area contributed by atoms with Gasteiger partial charge in [0.1, 0.15) is 0 Å². The molecule has 0 saturated heterocycles. The number of hydrogen-bond acceptors (Lipinski definition) is 7. The van der Waals surface area contributed by atoms with Crippen LogP contribution in [0.1, 0.15) is 26.3 Å². The predicted octanol–water partition coefficient (Wildman–Crippen LogP) is 2.37. The van der Waals surface area contributed by atoms with Gasteiger partial charge in [-0.2, -0.15) is 26.3 Å². The van der Waals surface area contributed by atoms with Gasteiger partial charge in [0.05, 0.1) is 13.2 Å². The normalized spacial score (nSPS) is 15.7. The second-order valence-electron chi connectivity index (χ2n) is 6.28. The molecule has 0 aliphatic heterocycles. The molecule has 0 saturated carbocycles. The highest BCUT2D eigenvalue weighted by atomic mass is 19.4. The molecule has 0 aromatic heterocycles. The summed E-state index contributed by atoms with van der Waals surface area (Å²) in [5, 5.41) is 13.1. The number of aliphatic hydroxyl groups is 1. The molecular weight excluding hydrogens is 454 g/mol. The molecule has 1 amide bonds. The quantitative estimate of drug-likeness (QED) is 0.301. The summed E-state index contributed by atoms with van der Waals surface area (Å²) < 4.78 is 90.2. The third kappa shape index (κ3) is 5.23. The third-order valence-corrected chi connectivity index (χ3v) is 3.99. The van der Waals surface area contributed by atoms with Gasteiger partial charge >= 0.3 is 30.0 Å². The molecule has 0 heterocycles. The molecule has 8 nitrogen and oxygen atoms in total. The number of rotatable bonds is 8. The van der Waals surface area contributed by atoms with Crippen LogP contribution in [-0.4, -0.2) is 54.2 Å². The van der Waals surface area contributed by atoms with Gasteiger partial charge in [-0.25, -0.2) is 9.59 Å². The van der Waals surface area contributed by atoms with Gasteiger partial charge in [0, 0.05) is 18.2 Å². The highest BCUT2D eigenvalue weighted by Crippen LogP contribution is 2.41. The van der Waals surface area contributed by atoms with Gasteiger partial charge in [0.25, 0.3) is 5.60 Å². The first kappa shape index (κ1) is 27.0. The Morgan fingerprint density at radius 2 is 1.34 bits per heavy atom. The fourth-order valence-electron chi connectivity index (χ4n) is 2.54. The van der Waals surface area contributed by atoms with E-state index in [1.54, 1.807) is 5.32 Å². The second kappa shape index (κ2) is 9.63. The lowest BCUT2D eigenvalue weighted by molar-refractivity contribution is -0.267. The van der Waals surface area contributed by atoms with Crippen LogP contribution in [0.2, 0.25) is 0 Å². The van der Waals surface area contributed by atoms with Gasteiger partial charge in [-0.15, -0.1) is 0 Å². The number of benzene rings is 1. The number of esters is 2. The van der Waals surface area contributed by atoms with Crippen molar-refractivity contribution < 1.29 is 55.3 Å². The lowest BCUT2D eigenvalue weighted by Gasteiger charge is -2.35.